The van der Waals surface area contributed by atoms with Gasteiger partial charge in [0.2, 0.25) is 5.91 Å². The third-order valence-electron chi connectivity index (χ3n) is 3.64. The Hall–Kier alpha value is -1.39. The Kier molecular flexibility index (Phi) is 5.99. The lowest BCUT2D eigenvalue weighted by Crippen LogP contribution is -2.43. The van der Waals surface area contributed by atoms with Crippen LogP contribution in [0.4, 0.5) is 0 Å². The molecule has 0 saturated heterocycles. The molecule has 0 heterocycles. The van der Waals surface area contributed by atoms with Crippen LogP contribution in [0.1, 0.15) is 31.4 Å². The minimum absolute atomic E-state index is 0.00437. The van der Waals surface area contributed by atoms with Crippen molar-refractivity contribution in [3.63, 3.8) is 0 Å². The number of carbonyl (C=O) groups is 1. The maximum absolute atomic E-state index is 12.1. The van der Waals surface area contributed by atoms with Crippen molar-refractivity contribution in [1.29, 1.82) is 0 Å². The molecule has 4 heteroatoms. The summed E-state index contributed by atoms with van der Waals surface area (Å²) in [7, 11) is 1.66. The second-order valence-electron chi connectivity index (χ2n) is 5.00. The van der Waals surface area contributed by atoms with Gasteiger partial charge in [-0.3, -0.25) is 4.79 Å². The van der Waals surface area contributed by atoms with Gasteiger partial charge in [-0.15, -0.1) is 0 Å². The molecule has 1 aromatic carbocycles. The first-order valence-electron chi connectivity index (χ1n) is 6.61. The van der Waals surface area contributed by atoms with E-state index >= 15 is 0 Å². The summed E-state index contributed by atoms with van der Waals surface area (Å²) in [6.07, 6.45) is 0.731. The zero-order valence-electron chi connectivity index (χ0n) is 12.0. The summed E-state index contributed by atoms with van der Waals surface area (Å²) < 4.78 is 5.15. The summed E-state index contributed by atoms with van der Waals surface area (Å²) in [4.78, 5) is 12.1. The largest absolute Gasteiger partial charge is 0.380 e. The molecular weight excluding hydrogens is 240 g/mol. The SMILES string of the molecule is CCC(C)(CN)C(=O)NCc1ccccc1COC. The minimum Gasteiger partial charge on any atom is -0.380 e. The highest BCUT2D eigenvalue weighted by Gasteiger charge is 2.29. The van der Waals surface area contributed by atoms with E-state index in [4.69, 9.17) is 10.5 Å². The molecule has 1 unspecified atom stereocenters. The van der Waals surface area contributed by atoms with Crippen molar-refractivity contribution in [3.8, 4) is 0 Å². The summed E-state index contributed by atoms with van der Waals surface area (Å²) in [5.41, 5.74) is 7.37. The maximum atomic E-state index is 12.1. The van der Waals surface area contributed by atoms with Gasteiger partial charge in [-0.05, 0) is 24.5 Å². The molecule has 19 heavy (non-hydrogen) atoms. The second kappa shape index (κ2) is 7.26. The molecule has 3 N–H and O–H groups in total. The fourth-order valence-electron chi connectivity index (χ4n) is 1.81. The molecule has 0 bridgehead atoms. The van der Waals surface area contributed by atoms with Crippen LogP contribution in [0, 0.1) is 5.41 Å². The zero-order chi connectivity index (χ0) is 14.3. The average Bonchev–Trinajstić information content (AvgIpc) is 2.45. The van der Waals surface area contributed by atoms with Crippen molar-refractivity contribution in [2.45, 2.75) is 33.4 Å². The number of carbonyl (C=O) groups excluding carboxylic acids is 1. The number of nitrogens with two attached hydrogens (primary N) is 1. The molecule has 0 saturated carbocycles. The van der Waals surface area contributed by atoms with Crippen LogP contribution in [0.3, 0.4) is 0 Å². The number of nitrogens with one attached hydrogen (secondary N) is 1. The first-order chi connectivity index (χ1) is 9.07. The lowest BCUT2D eigenvalue weighted by atomic mass is 9.86. The molecule has 0 aromatic heterocycles. The first-order valence-corrected chi connectivity index (χ1v) is 6.61. The highest BCUT2D eigenvalue weighted by Crippen LogP contribution is 2.19. The Morgan fingerprint density at radius 2 is 2.00 bits per heavy atom. The molecule has 0 fully saturated rings. The molecule has 1 atom stereocenters. The summed E-state index contributed by atoms with van der Waals surface area (Å²) in [5, 5.41) is 2.97. The van der Waals surface area contributed by atoms with Gasteiger partial charge in [0.25, 0.3) is 0 Å². The van der Waals surface area contributed by atoms with Gasteiger partial charge in [0.15, 0.2) is 0 Å². The number of rotatable bonds is 7. The smallest absolute Gasteiger partial charge is 0.227 e. The minimum atomic E-state index is -0.490. The molecule has 4 nitrogen and oxygen atoms in total. The van der Waals surface area contributed by atoms with Gasteiger partial charge in [-0.1, -0.05) is 31.2 Å². The summed E-state index contributed by atoms with van der Waals surface area (Å²) >= 11 is 0. The van der Waals surface area contributed by atoms with Crippen LogP contribution in [-0.2, 0) is 22.7 Å². The molecular formula is C15H24N2O2. The fourth-order valence-corrected chi connectivity index (χ4v) is 1.81. The van der Waals surface area contributed by atoms with E-state index in [2.05, 4.69) is 5.32 Å². The van der Waals surface area contributed by atoms with E-state index in [9.17, 15) is 4.79 Å². The number of ether oxygens (including phenoxy) is 1. The number of benzene rings is 1. The Bertz CT molecular complexity index is 414. The van der Waals surface area contributed by atoms with E-state index in [-0.39, 0.29) is 5.91 Å². The average molecular weight is 264 g/mol. The topological polar surface area (TPSA) is 64.4 Å². The molecule has 0 radical (unpaired) electrons. The van der Waals surface area contributed by atoms with Gasteiger partial charge in [-0.25, -0.2) is 0 Å². The third-order valence-corrected chi connectivity index (χ3v) is 3.64. The van der Waals surface area contributed by atoms with Gasteiger partial charge in [0.05, 0.1) is 12.0 Å². The van der Waals surface area contributed by atoms with Crippen molar-refractivity contribution in [3.05, 3.63) is 35.4 Å². The van der Waals surface area contributed by atoms with Crippen LogP contribution in [0.2, 0.25) is 0 Å². The van der Waals surface area contributed by atoms with Crippen molar-refractivity contribution >= 4 is 5.91 Å². The Balaban J connectivity index is 2.69. The first kappa shape index (κ1) is 15.7. The maximum Gasteiger partial charge on any atom is 0.227 e. The van der Waals surface area contributed by atoms with E-state index in [1.165, 1.54) is 0 Å². The molecule has 106 valence electrons. The Labute approximate surface area is 115 Å². The fraction of sp³-hybridized carbons (Fsp3) is 0.533. The molecule has 1 rings (SSSR count). The van der Waals surface area contributed by atoms with Crippen molar-refractivity contribution in [2.75, 3.05) is 13.7 Å². The van der Waals surface area contributed by atoms with Gasteiger partial charge in [0.1, 0.15) is 0 Å². The molecule has 0 spiro atoms. The molecule has 0 aliphatic rings. The van der Waals surface area contributed by atoms with Crippen LogP contribution in [-0.4, -0.2) is 19.6 Å². The normalized spacial score (nSPS) is 13.9. The quantitative estimate of drug-likeness (QED) is 0.789. The number of hydrogen-bond acceptors (Lipinski definition) is 3. The number of amides is 1. The molecule has 0 aliphatic carbocycles. The highest BCUT2D eigenvalue weighted by molar-refractivity contribution is 5.82. The lowest BCUT2D eigenvalue weighted by Gasteiger charge is -2.25. The van der Waals surface area contributed by atoms with Gasteiger partial charge in [0, 0.05) is 20.2 Å². The van der Waals surface area contributed by atoms with E-state index in [0.29, 0.717) is 19.7 Å². The van der Waals surface area contributed by atoms with Gasteiger partial charge in [-0.2, -0.15) is 0 Å². The molecule has 0 aliphatic heterocycles. The van der Waals surface area contributed by atoms with Crippen LogP contribution in [0.15, 0.2) is 24.3 Å². The van der Waals surface area contributed by atoms with Crippen LogP contribution < -0.4 is 11.1 Å². The summed E-state index contributed by atoms with van der Waals surface area (Å²) in [6.45, 7) is 5.28. The van der Waals surface area contributed by atoms with Crippen molar-refractivity contribution in [2.24, 2.45) is 11.1 Å². The van der Waals surface area contributed by atoms with Gasteiger partial charge >= 0.3 is 0 Å². The Morgan fingerprint density at radius 1 is 1.37 bits per heavy atom. The van der Waals surface area contributed by atoms with Crippen molar-refractivity contribution in [1.82, 2.24) is 5.32 Å². The summed E-state index contributed by atoms with van der Waals surface area (Å²) in [6, 6.07) is 7.94. The predicted octanol–water partition coefficient (Wildman–Crippen LogP) is 1.82. The number of hydrogen-bond donors (Lipinski definition) is 2. The van der Waals surface area contributed by atoms with E-state index in [0.717, 1.165) is 17.5 Å². The number of methoxy groups -OCH3 is 1. The Morgan fingerprint density at radius 3 is 2.53 bits per heavy atom. The monoisotopic (exact) mass is 264 g/mol. The van der Waals surface area contributed by atoms with Crippen molar-refractivity contribution < 1.29 is 9.53 Å². The lowest BCUT2D eigenvalue weighted by molar-refractivity contribution is -0.130. The van der Waals surface area contributed by atoms with Gasteiger partial charge < -0.3 is 15.8 Å². The molecule has 1 amide bonds. The standard InChI is InChI=1S/C15H24N2O2/c1-4-15(2,11-16)14(18)17-9-12-7-5-6-8-13(12)10-19-3/h5-8H,4,9-11,16H2,1-3H3,(H,17,18). The summed E-state index contributed by atoms with van der Waals surface area (Å²) in [5.74, 6) is 0.00437. The third kappa shape index (κ3) is 4.04. The van der Waals surface area contributed by atoms with E-state index in [1.807, 2.05) is 38.1 Å². The van der Waals surface area contributed by atoms with Crippen LogP contribution in [0.5, 0.6) is 0 Å². The molecule has 1 aromatic rings. The van der Waals surface area contributed by atoms with E-state index in [1.54, 1.807) is 7.11 Å². The zero-order valence-corrected chi connectivity index (χ0v) is 12.0. The van der Waals surface area contributed by atoms with Crippen LogP contribution >= 0.6 is 0 Å². The second-order valence-corrected chi connectivity index (χ2v) is 5.00. The van der Waals surface area contributed by atoms with E-state index < -0.39 is 5.41 Å². The predicted molar refractivity (Wildman–Crippen MR) is 76.5 cm³/mol. The van der Waals surface area contributed by atoms with Crippen LogP contribution in [0.25, 0.3) is 0 Å². The highest BCUT2D eigenvalue weighted by atomic mass is 16.5.